The molecule has 1 aromatic heterocycles. The predicted octanol–water partition coefficient (Wildman–Crippen LogP) is 3.26. The molecule has 6 nitrogen and oxygen atoms in total. The molecule has 2 aromatic rings. The van der Waals surface area contributed by atoms with Crippen LogP contribution in [0.15, 0.2) is 42.6 Å². The lowest BCUT2D eigenvalue weighted by atomic mass is 10.2. The van der Waals surface area contributed by atoms with E-state index in [1.165, 1.54) is 17.5 Å². The number of thiazole rings is 1. The lowest BCUT2D eigenvalue weighted by Crippen LogP contribution is -2.24. The summed E-state index contributed by atoms with van der Waals surface area (Å²) in [6.45, 7) is 2.62. The molecule has 24 heavy (non-hydrogen) atoms. The lowest BCUT2D eigenvalue weighted by molar-refractivity contribution is 0.0531. The molecule has 0 aliphatic rings. The minimum atomic E-state index is -0.491. The summed E-state index contributed by atoms with van der Waals surface area (Å²) in [6, 6.07) is 9.45. The number of hydrogen-bond donors (Lipinski definition) is 1. The van der Waals surface area contributed by atoms with Gasteiger partial charge in [-0.05, 0) is 18.6 Å². The van der Waals surface area contributed by atoms with Crippen LogP contribution in [0.25, 0.3) is 6.08 Å². The van der Waals surface area contributed by atoms with Gasteiger partial charge in [0, 0.05) is 6.54 Å². The van der Waals surface area contributed by atoms with Crippen molar-refractivity contribution in [1.82, 2.24) is 10.3 Å². The van der Waals surface area contributed by atoms with Crippen molar-refractivity contribution in [3.8, 4) is 0 Å². The summed E-state index contributed by atoms with van der Waals surface area (Å²) in [5, 5.41) is 3.27. The first-order chi connectivity index (χ1) is 11.7. The van der Waals surface area contributed by atoms with Crippen molar-refractivity contribution in [2.24, 2.45) is 0 Å². The van der Waals surface area contributed by atoms with Crippen molar-refractivity contribution in [2.45, 2.75) is 13.5 Å². The van der Waals surface area contributed by atoms with E-state index < -0.39 is 6.09 Å². The molecule has 0 bridgehead atoms. The van der Waals surface area contributed by atoms with Gasteiger partial charge in [-0.1, -0.05) is 36.4 Å². The molecule has 2 rings (SSSR count). The second kappa shape index (κ2) is 9.46. The number of carbonyl (C=O) groups is 2. The SMILES string of the molecule is CCOC(=O)c1cnc(C=CCNC(=O)OCc2ccccc2)s1. The summed E-state index contributed by atoms with van der Waals surface area (Å²) in [7, 11) is 0. The third-order valence-corrected chi connectivity index (χ3v) is 3.78. The van der Waals surface area contributed by atoms with Gasteiger partial charge in [0.15, 0.2) is 0 Å². The zero-order valence-corrected chi connectivity index (χ0v) is 14.0. The van der Waals surface area contributed by atoms with Gasteiger partial charge >= 0.3 is 12.1 Å². The molecule has 7 heteroatoms. The van der Waals surface area contributed by atoms with E-state index in [0.29, 0.717) is 23.0 Å². The molecule has 0 unspecified atom stereocenters. The van der Waals surface area contributed by atoms with Gasteiger partial charge in [-0.15, -0.1) is 11.3 Å². The number of aromatic nitrogens is 1. The number of amides is 1. The number of ether oxygens (including phenoxy) is 2. The van der Waals surface area contributed by atoms with Crippen LogP contribution in [0.1, 0.15) is 27.2 Å². The summed E-state index contributed by atoms with van der Waals surface area (Å²) in [4.78, 5) is 27.6. The Kier molecular flexibility index (Phi) is 6.97. The molecule has 0 atom stereocenters. The molecular formula is C17H18N2O4S. The van der Waals surface area contributed by atoms with Crippen LogP contribution in [0, 0.1) is 0 Å². The molecule has 0 aliphatic carbocycles. The minimum Gasteiger partial charge on any atom is -0.462 e. The zero-order valence-electron chi connectivity index (χ0n) is 13.2. The molecule has 1 heterocycles. The Bertz CT molecular complexity index is 698. The van der Waals surface area contributed by atoms with Gasteiger partial charge in [0.25, 0.3) is 0 Å². The van der Waals surface area contributed by atoms with Gasteiger partial charge in [0.1, 0.15) is 16.5 Å². The first-order valence-electron chi connectivity index (χ1n) is 7.43. The van der Waals surface area contributed by atoms with Crippen molar-refractivity contribution in [3.05, 3.63) is 58.1 Å². The summed E-state index contributed by atoms with van der Waals surface area (Å²) in [6.07, 6.45) is 4.45. The molecule has 0 spiro atoms. The second-order valence-corrected chi connectivity index (χ2v) is 5.69. The Morgan fingerprint density at radius 1 is 1.25 bits per heavy atom. The maximum atomic E-state index is 11.6. The molecule has 1 N–H and O–H groups in total. The first kappa shape index (κ1) is 17.7. The number of hydrogen-bond acceptors (Lipinski definition) is 6. The van der Waals surface area contributed by atoms with Crippen molar-refractivity contribution < 1.29 is 19.1 Å². The Morgan fingerprint density at radius 2 is 2.04 bits per heavy atom. The van der Waals surface area contributed by atoms with Crippen molar-refractivity contribution in [1.29, 1.82) is 0 Å². The molecule has 126 valence electrons. The van der Waals surface area contributed by atoms with Crippen LogP contribution in [0.3, 0.4) is 0 Å². The Balaban J connectivity index is 1.70. The topological polar surface area (TPSA) is 77.5 Å². The average Bonchev–Trinajstić information content (AvgIpc) is 3.07. The molecule has 1 amide bonds. The number of nitrogens with zero attached hydrogens (tertiary/aromatic N) is 1. The average molecular weight is 346 g/mol. The van der Waals surface area contributed by atoms with Gasteiger partial charge in [0.05, 0.1) is 12.8 Å². The van der Waals surface area contributed by atoms with Gasteiger partial charge in [-0.3, -0.25) is 0 Å². The van der Waals surface area contributed by atoms with Crippen LogP contribution in [0.2, 0.25) is 0 Å². The maximum absolute atomic E-state index is 11.6. The number of rotatable bonds is 7. The van der Waals surface area contributed by atoms with E-state index in [4.69, 9.17) is 9.47 Å². The third-order valence-electron chi connectivity index (χ3n) is 2.84. The van der Waals surface area contributed by atoms with Crippen LogP contribution in [-0.4, -0.2) is 30.2 Å². The number of carbonyl (C=O) groups excluding carboxylic acids is 2. The van der Waals surface area contributed by atoms with Crippen LogP contribution in [0.5, 0.6) is 0 Å². The normalized spacial score (nSPS) is 10.5. The highest BCUT2D eigenvalue weighted by atomic mass is 32.1. The van der Waals surface area contributed by atoms with E-state index in [2.05, 4.69) is 10.3 Å². The van der Waals surface area contributed by atoms with E-state index in [9.17, 15) is 9.59 Å². The number of alkyl carbamates (subject to hydrolysis) is 1. The molecule has 0 saturated heterocycles. The molecule has 0 radical (unpaired) electrons. The number of benzene rings is 1. The molecular weight excluding hydrogens is 328 g/mol. The van der Waals surface area contributed by atoms with Crippen molar-refractivity contribution >= 4 is 29.5 Å². The lowest BCUT2D eigenvalue weighted by Gasteiger charge is -2.04. The smallest absolute Gasteiger partial charge is 0.407 e. The van der Waals surface area contributed by atoms with Crippen LogP contribution in [-0.2, 0) is 16.1 Å². The fourth-order valence-electron chi connectivity index (χ4n) is 1.74. The second-order valence-electron chi connectivity index (χ2n) is 4.63. The Morgan fingerprint density at radius 3 is 2.79 bits per heavy atom. The van der Waals surface area contributed by atoms with E-state index in [1.807, 2.05) is 30.3 Å². The number of esters is 1. The van der Waals surface area contributed by atoms with E-state index >= 15 is 0 Å². The summed E-state index contributed by atoms with van der Waals surface area (Å²) in [5.41, 5.74) is 0.928. The quantitative estimate of drug-likeness (QED) is 0.779. The first-order valence-corrected chi connectivity index (χ1v) is 8.24. The van der Waals surface area contributed by atoms with E-state index in [-0.39, 0.29) is 12.6 Å². The highest BCUT2D eigenvalue weighted by Gasteiger charge is 2.09. The fraction of sp³-hybridized carbons (Fsp3) is 0.235. The Hall–Kier alpha value is -2.67. The van der Waals surface area contributed by atoms with Crippen molar-refractivity contribution in [3.63, 3.8) is 0 Å². The highest BCUT2D eigenvalue weighted by molar-refractivity contribution is 7.14. The Labute approximate surface area is 144 Å². The zero-order chi connectivity index (χ0) is 17.2. The monoisotopic (exact) mass is 346 g/mol. The highest BCUT2D eigenvalue weighted by Crippen LogP contribution is 2.15. The number of nitrogens with one attached hydrogen (secondary N) is 1. The third kappa shape index (κ3) is 5.85. The van der Waals surface area contributed by atoms with Crippen LogP contribution >= 0.6 is 11.3 Å². The summed E-state index contributed by atoms with van der Waals surface area (Å²) in [5.74, 6) is -0.378. The van der Waals surface area contributed by atoms with Crippen molar-refractivity contribution in [2.75, 3.05) is 13.2 Å². The van der Waals surface area contributed by atoms with Gasteiger partial charge in [-0.2, -0.15) is 0 Å². The molecule has 0 aliphatic heterocycles. The predicted molar refractivity (Wildman–Crippen MR) is 91.7 cm³/mol. The maximum Gasteiger partial charge on any atom is 0.407 e. The molecule has 1 aromatic carbocycles. The largest absolute Gasteiger partial charge is 0.462 e. The van der Waals surface area contributed by atoms with E-state index in [0.717, 1.165) is 5.56 Å². The molecule has 0 fully saturated rings. The van der Waals surface area contributed by atoms with Gasteiger partial charge in [0.2, 0.25) is 0 Å². The van der Waals surface area contributed by atoms with Gasteiger partial charge < -0.3 is 14.8 Å². The minimum absolute atomic E-state index is 0.228. The van der Waals surface area contributed by atoms with Gasteiger partial charge in [-0.25, -0.2) is 14.6 Å². The summed E-state index contributed by atoms with van der Waals surface area (Å²) < 4.78 is 9.98. The fourth-order valence-corrected chi connectivity index (χ4v) is 2.48. The molecule has 0 saturated carbocycles. The van der Waals surface area contributed by atoms with E-state index in [1.54, 1.807) is 19.1 Å². The van der Waals surface area contributed by atoms with Crippen LogP contribution in [0.4, 0.5) is 4.79 Å². The van der Waals surface area contributed by atoms with Crippen LogP contribution < -0.4 is 5.32 Å². The standard InChI is InChI=1S/C17H18N2O4S/c1-2-22-16(20)14-11-19-15(24-14)9-6-10-18-17(21)23-12-13-7-4-3-5-8-13/h3-9,11H,2,10,12H2,1H3,(H,18,21). The summed E-state index contributed by atoms with van der Waals surface area (Å²) >= 11 is 1.23.